The fraction of sp³-hybridized carbons (Fsp3) is 0.350. The monoisotopic (exact) mass is 347 g/mol. The number of pyridine rings is 1. The van der Waals surface area contributed by atoms with E-state index in [1.54, 1.807) is 12.4 Å². The fourth-order valence-corrected chi connectivity index (χ4v) is 3.68. The second-order valence-corrected chi connectivity index (χ2v) is 6.94. The largest absolute Gasteiger partial charge is 0.469 e. The van der Waals surface area contributed by atoms with Crippen molar-refractivity contribution in [2.75, 3.05) is 31.1 Å². The maximum absolute atomic E-state index is 6.16. The quantitative estimate of drug-likeness (QED) is 0.782. The van der Waals surface area contributed by atoms with Gasteiger partial charge in [-0.25, -0.2) is 9.97 Å². The second-order valence-electron chi connectivity index (χ2n) is 6.94. The Morgan fingerprint density at radius 2 is 1.92 bits per heavy atom. The Bertz CT molecular complexity index is 919. The van der Waals surface area contributed by atoms with Crippen LogP contribution in [0.4, 0.5) is 5.82 Å². The van der Waals surface area contributed by atoms with Gasteiger partial charge in [-0.1, -0.05) is 18.2 Å². The van der Waals surface area contributed by atoms with Crippen LogP contribution in [0.2, 0.25) is 0 Å². The lowest BCUT2D eigenvalue weighted by Gasteiger charge is -2.39. The smallest absolute Gasteiger partial charge is 0.236 e. The SMILES string of the molecule is c1ccc2nc(N3CC(Oc4nccnc4C4CCNC4)C3)ccc2c1. The highest BCUT2D eigenvalue weighted by Crippen LogP contribution is 2.29. The van der Waals surface area contributed by atoms with Crippen LogP contribution in [0.15, 0.2) is 48.8 Å². The summed E-state index contributed by atoms with van der Waals surface area (Å²) in [4.78, 5) is 16.0. The van der Waals surface area contributed by atoms with Gasteiger partial charge in [-0.2, -0.15) is 0 Å². The van der Waals surface area contributed by atoms with Gasteiger partial charge in [0.2, 0.25) is 5.88 Å². The van der Waals surface area contributed by atoms with Crippen LogP contribution in [0.1, 0.15) is 18.0 Å². The van der Waals surface area contributed by atoms with Crippen LogP contribution in [0.5, 0.6) is 5.88 Å². The number of nitrogens with one attached hydrogen (secondary N) is 1. The van der Waals surface area contributed by atoms with E-state index in [1.165, 1.54) is 5.39 Å². The molecule has 1 atom stereocenters. The van der Waals surface area contributed by atoms with Crippen LogP contribution in [-0.2, 0) is 0 Å². The van der Waals surface area contributed by atoms with Crippen molar-refractivity contribution in [3.63, 3.8) is 0 Å². The van der Waals surface area contributed by atoms with Gasteiger partial charge >= 0.3 is 0 Å². The van der Waals surface area contributed by atoms with Crippen molar-refractivity contribution in [1.82, 2.24) is 20.3 Å². The molecule has 0 radical (unpaired) electrons. The van der Waals surface area contributed by atoms with E-state index in [4.69, 9.17) is 9.72 Å². The fourth-order valence-electron chi connectivity index (χ4n) is 3.68. The molecule has 3 aromatic rings. The molecule has 1 unspecified atom stereocenters. The lowest BCUT2D eigenvalue weighted by molar-refractivity contribution is 0.156. The van der Waals surface area contributed by atoms with Gasteiger partial charge in [0.1, 0.15) is 17.6 Å². The molecule has 0 saturated carbocycles. The highest BCUT2D eigenvalue weighted by Gasteiger charge is 2.32. The highest BCUT2D eigenvalue weighted by atomic mass is 16.5. The molecule has 0 aliphatic carbocycles. The van der Waals surface area contributed by atoms with Crippen molar-refractivity contribution in [3.8, 4) is 5.88 Å². The average molecular weight is 347 g/mol. The van der Waals surface area contributed by atoms with Gasteiger partial charge in [-0.05, 0) is 31.2 Å². The normalized spacial score (nSPS) is 20.3. The zero-order valence-electron chi connectivity index (χ0n) is 14.5. The molecule has 132 valence electrons. The molecule has 26 heavy (non-hydrogen) atoms. The maximum Gasteiger partial charge on any atom is 0.236 e. The summed E-state index contributed by atoms with van der Waals surface area (Å²) in [6, 6.07) is 12.4. The van der Waals surface area contributed by atoms with Gasteiger partial charge in [0.05, 0.1) is 18.6 Å². The Morgan fingerprint density at radius 3 is 2.81 bits per heavy atom. The molecule has 2 saturated heterocycles. The topological polar surface area (TPSA) is 63.2 Å². The summed E-state index contributed by atoms with van der Waals surface area (Å²) in [7, 11) is 0. The lowest BCUT2D eigenvalue weighted by atomic mass is 10.0. The first-order chi connectivity index (χ1) is 12.9. The average Bonchev–Trinajstić information content (AvgIpc) is 3.19. The van der Waals surface area contributed by atoms with Gasteiger partial charge in [0.25, 0.3) is 0 Å². The number of hydrogen-bond acceptors (Lipinski definition) is 6. The number of para-hydroxylation sites is 1. The predicted molar refractivity (Wildman–Crippen MR) is 101 cm³/mol. The van der Waals surface area contributed by atoms with Crippen LogP contribution >= 0.6 is 0 Å². The van der Waals surface area contributed by atoms with E-state index in [0.29, 0.717) is 11.8 Å². The van der Waals surface area contributed by atoms with E-state index in [-0.39, 0.29) is 6.10 Å². The molecular weight excluding hydrogens is 326 g/mol. The molecule has 1 aromatic carbocycles. The molecule has 2 aliphatic heterocycles. The molecule has 2 aliphatic rings. The van der Waals surface area contributed by atoms with E-state index >= 15 is 0 Å². The number of ether oxygens (including phenoxy) is 1. The molecule has 0 bridgehead atoms. The minimum absolute atomic E-state index is 0.132. The molecule has 0 amide bonds. The van der Waals surface area contributed by atoms with Gasteiger partial charge in [-0.3, -0.25) is 4.98 Å². The van der Waals surface area contributed by atoms with Crippen molar-refractivity contribution in [2.24, 2.45) is 0 Å². The Kier molecular flexibility index (Phi) is 3.90. The number of rotatable bonds is 4. The number of hydrogen-bond donors (Lipinski definition) is 1. The van der Waals surface area contributed by atoms with Crippen LogP contribution in [0.3, 0.4) is 0 Å². The molecule has 2 fully saturated rings. The number of nitrogens with zero attached hydrogens (tertiary/aromatic N) is 4. The lowest BCUT2D eigenvalue weighted by Crippen LogP contribution is -2.54. The van der Waals surface area contributed by atoms with Gasteiger partial charge in [-0.15, -0.1) is 0 Å². The zero-order valence-corrected chi connectivity index (χ0v) is 14.5. The molecule has 1 N–H and O–H groups in total. The van der Waals surface area contributed by atoms with Crippen molar-refractivity contribution < 1.29 is 4.74 Å². The Balaban J connectivity index is 1.27. The molecule has 0 spiro atoms. The van der Waals surface area contributed by atoms with Crippen molar-refractivity contribution in [3.05, 3.63) is 54.5 Å². The van der Waals surface area contributed by atoms with Crippen molar-refractivity contribution in [1.29, 1.82) is 0 Å². The Morgan fingerprint density at radius 1 is 1.04 bits per heavy atom. The first-order valence-electron chi connectivity index (χ1n) is 9.16. The maximum atomic E-state index is 6.16. The third kappa shape index (κ3) is 2.86. The molecule has 6 nitrogen and oxygen atoms in total. The van der Waals surface area contributed by atoms with Gasteiger partial charge in [0, 0.05) is 30.2 Å². The highest BCUT2D eigenvalue weighted by molar-refractivity contribution is 5.80. The number of benzene rings is 1. The van der Waals surface area contributed by atoms with Crippen LogP contribution in [0.25, 0.3) is 10.9 Å². The van der Waals surface area contributed by atoms with Crippen LogP contribution in [0, 0.1) is 0 Å². The van der Waals surface area contributed by atoms with E-state index < -0.39 is 0 Å². The van der Waals surface area contributed by atoms with E-state index in [2.05, 4.69) is 38.4 Å². The third-order valence-electron chi connectivity index (χ3n) is 5.17. The van der Waals surface area contributed by atoms with Crippen LogP contribution in [-0.4, -0.2) is 47.2 Å². The minimum Gasteiger partial charge on any atom is -0.469 e. The first-order valence-corrected chi connectivity index (χ1v) is 9.16. The molecule has 2 aromatic heterocycles. The Hall–Kier alpha value is -2.73. The molecule has 4 heterocycles. The summed E-state index contributed by atoms with van der Waals surface area (Å²) in [5.74, 6) is 2.09. The molecule has 5 rings (SSSR count). The van der Waals surface area contributed by atoms with Gasteiger partial charge in [0.15, 0.2) is 0 Å². The number of aromatic nitrogens is 3. The third-order valence-corrected chi connectivity index (χ3v) is 5.17. The van der Waals surface area contributed by atoms with Crippen molar-refractivity contribution in [2.45, 2.75) is 18.4 Å². The van der Waals surface area contributed by atoms with E-state index in [0.717, 1.165) is 49.6 Å². The standard InChI is InChI=1S/C20H21N5O/c1-2-4-17-14(3-1)5-6-18(24-17)25-12-16(13-25)26-20-19(22-9-10-23-20)15-7-8-21-11-15/h1-6,9-10,15-16,21H,7-8,11-13H2. The summed E-state index contributed by atoms with van der Waals surface area (Å²) in [5, 5.41) is 4.55. The minimum atomic E-state index is 0.132. The number of fused-ring (bicyclic) bond motifs is 1. The Labute approximate surface area is 152 Å². The predicted octanol–water partition coefficient (Wildman–Crippen LogP) is 2.37. The van der Waals surface area contributed by atoms with Crippen LogP contribution < -0.4 is 15.0 Å². The summed E-state index contributed by atoms with van der Waals surface area (Å²) >= 11 is 0. The molecular formula is C20H21N5O. The van der Waals surface area contributed by atoms with E-state index in [9.17, 15) is 0 Å². The van der Waals surface area contributed by atoms with Crippen molar-refractivity contribution >= 4 is 16.7 Å². The summed E-state index contributed by atoms with van der Waals surface area (Å²) in [6.07, 6.45) is 4.69. The summed E-state index contributed by atoms with van der Waals surface area (Å²) in [6.45, 7) is 3.63. The summed E-state index contributed by atoms with van der Waals surface area (Å²) in [5.41, 5.74) is 2.01. The molecule has 6 heteroatoms. The first kappa shape index (κ1) is 15.5. The van der Waals surface area contributed by atoms with E-state index in [1.807, 2.05) is 18.2 Å². The summed E-state index contributed by atoms with van der Waals surface area (Å²) < 4.78 is 6.16. The van der Waals surface area contributed by atoms with Gasteiger partial charge < -0.3 is 15.0 Å². The second kappa shape index (κ2) is 6.53. The zero-order chi connectivity index (χ0) is 17.3. The number of anilines is 1.